The lowest BCUT2D eigenvalue weighted by Gasteiger charge is -2.35. The van der Waals surface area contributed by atoms with Crippen LogP contribution < -0.4 is 0 Å². The molecule has 1 heterocycles. The molecular formula is C16H20BrFN2O3. The molecule has 0 atom stereocenters. The van der Waals surface area contributed by atoms with Crippen molar-refractivity contribution in [3.8, 4) is 0 Å². The molecule has 0 aliphatic carbocycles. The number of amides is 2. The summed E-state index contributed by atoms with van der Waals surface area (Å²) in [5.41, 5.74) is -0.520. The van der Waals surface area contributed by atoms with Crippen molar-refractivity contribution < 1.29 is 18.7 Å². The fourth-order valence-corrected chi connectivity index (χ4v) is 2.61. The summed E-state index contributed by atoms with van der Waals surface area (Å²) in [6.45, 7) is 6.86. The number of benzene rings is 1. The Labute approximate surface area is 143 Å². The maximum Gasteiger partial charge on any atom is 0.410 e. The molecule has 0 aromatic heterocycles. The minimum absolute atomic E-state index is 0.0325. The molecule has 1 aromatic carbocycles. The van der Waals surface area contributed by atoms with Crippen molar-refractivity contribution in [2.75, 3.05) is 26.2 Å². The van der Waals surface area contributed by atoms with Gasteiger partial charge in [-0.25, -0.2) is 9.18 Å². The zero-order valence-corrected chi connectivity index (χ0v) is 15.0. The van der Waals surface area contributed by atoms with Gasteiger partial charge in [-0.05, 0) is 39.0 Å². The van der Waals surface area contributed by atoms with Gasteiger partial charge in [0.2, 0.25) is 0 Å². The predicted octanol–water partition coefficient (Wildman–Crippen LogP) is 3.28. The Kier molecular flexibility index (Phi) is 5.29. The number of ether oxygens (including phenoxy) is 1. The molecule has 23 heavy (non-hydrogen) atoms. The molecule has 126 valence electrons. The first-order chi connectivity index (χ1) is 10.7. The fourth-order valence-electron chi connectivity index (χ4n) is 2.25. The molecule has 1 aliphatic heterocycles. The lowest BCUT2D eigenvalue weighted by atomic mass is 10.1. The van der Waals surface area contributed by atoms with Gasteiger partial charge in [0.25, 0.3) is 5.91 Å². The molecule has 7 heteroatoms. The quantitative estimate of drug-likeness (QED) is 0.743. The third-order valence-electron chi connectivity index (χ3n) is 3.38. The van der Waals surface area contributed by atoms with Gasteiger partial charge in [-0.15, -0.1) is 0 Å². The number of carbonyl (C=O) groups excluding carboxylic acids is 2. The van der Waals surface area contributed by atoms with Crippen molar-refractivity contribution in [2.24, 2.45) is 0 Å². The van der Waals surface area contributed by atoms with E-state index in [4.69, 9.17) is 4.74 Å². The average Bonchev–Trinajstić information content (AvgIpc) is 2.47. The summed E-state index contributed by atoms with van der Waals surface area (Å²) >= 11 is 3.24. The van der Waals surface area contributed by atoms with Gasteiger partial charge in [-0.2, -0.15) is 0 Å². The van der Waals surface area contributed by atoms with Gasteiger partial charge in [-0.3, -0.25) is 4.79 Å². The van der Waals surface area contributed by atoms with Crippen LogP contribution in [0, 0.1) is 5.82 Å². The Hall–Kier alpha value is -1.63. The summed E-state index contributed by atoms with van der Waals surface area (Å²) < 4.78 is 19.8. The highest BCUT2D eigenvalue weighted by Gasteiger charge is 2.28. The van der Waals surface area contributed by atoms with E-state index in [1.165, 1.54) is 12.1 Å². The van der Waals surface area contributed by atoms with Gasteiger partial charge < -0.3 is 14.5 Å². The molecule has 5 nitrogen and oxygen atoms in total. The van der Waals surface area contributed by atoms with Crippen molar-refractivity contribution in [1.82, 2.24) is 9.80 Å². The Morgan fingerprint density at radius 1 is 1.13 bits per heavy atom. The Balaban J connectivity index is 1.97. The first-order valence-electron chi connectivity index (χ1n) is 7.39. The summed E-state index contributed by atoms with van der Waals surface area (Å²) in [6.07, 6.45) is -0.391. The van der Waals surface area contributed by atoms with Crippen molar-refractivity contribution >= 4 is 27.9 Å². The number of nitrogens with zero attached hydrogens (tertiary/aromatic N) is 2. The summed E-state index contributed by atoms with van der Waals surface area (Å²) in [4.78, 5) is 27.5. The van der Waals surface area contributed by atoms with Crippen LogP contribution >= 0.6 is 15.9 Å². The summed E-state index contributed by atoms with van der Waals surface area (Å²) in [5.74, 6) is -0.916. The number of carbonyl (C=O) groups is 2. The molecule has 2 amide bonds. The maximum absolute atomic E-state index is 13.8. The van der Waals surface area contributed by atoms with Crippen LogP contribution in [-0.4, -0.2) is 53.6 Å². The lowest BCUT2D eigenvalue weighted by molar-refractivity contribution is 0.0140. The van der Waals surface area contributed by atoms with Crippen molar-refractivity contribution in [3.63, 3.8) is 0 Å². The summed E-state index contributed by atoms with van der Waals surface area (Å²) in [6, 6.07) is 4.28. The largest absolute Gasteiger partial charge is 0.444 e. The Morgan fingerprint density at radius 2 is 1.70 bits per heavy atom. The SMILES string of the molecule is CC(C)(C)OC(=O)N1CCN(C(=O)c2cc(Br)ccc2F)CC1. The molecule has 0 saturated carbocycles. The number of hydrogen-bond acceptors (Lipinski definition) is 3. The monoisotopic (exact) mass is 386 g/mol. The smallest absolute Gasteiger partial charge is 0.410 e. The molecule has 0 N–H and O–H groups in total. The fraction of sp³-hybridized carbons (Fsp3) is 0.500. The van der Waals surface area contributed by atoms with E-state index in [1.54, 1.807) is 36.6 Å². The number of rotatable bonds is 1. The highest BCUT2D eigenvalue weighted by atomic mass is 79.9. The van der Waals surface area contributed by atoms with Gasteiger partial charge in [0.05, 0.1) is 5.56 Å². The summed E-state index contributed by atoms with van der Waals surface area (Å²) in [5, 5.41) is 0. The van der Waals surface area contributed by atoms with Crippen LogP contribution in [0.4, 0.5) is 9.18 Å². The third-order valence-corrected chi connectivity index (χ3v) is 3.87. The number of halogens is 2. The van der Waals surface area contributed by atoms with E-state index in [-0.39, 0.29) is 11.5 Å². The van der Waals surface area contributed by atoms with Crippen LogP contribution in [0.15, 0.2) is 22.7 Å². The van der Waals surface area contributed by atoms with Crippen LogP contribution in [-0.2, 0) is 4.74 Å². The van der Waals surface area contributed by atoms with E-state index in [0.29, 0.717) is 30.7 Å². The molecule has 2 rings (SSSR count). The zero-order valence-electron chi connectivity index (χ0n) is 13.4. The second kappa shape index (κ2) is 6.86. The molecule has 0 radical (unpaired) electrons. The maximum atomic E-state index is 13.8. The van der Waals surface area contributed by atoms with E-state index < -0.39 is 17.5 Å². The van der Waals surface area contributed by atoms with Crippen LogP contribution in [0.25, 0.3) is 0 Å². The highest BCUT2D eigenvalue weighted by molar-refractivity contribution is 9.10. The van der Waals surface area contributed by atoms with Crippen molar-refractivity contribution in [1.29, 1.82) is 0 Å². The van der Waals surface area contributed by atoms with Gasteiger partial charge in [-0.1, -0.05) is 15.9 Å². The molecular weight excluding hydrogens is 367 g/mol. The Bertz CT molecular complexity index is 608. The summed E-state index contributed by atoms with van der Waals surface area (Å²) in [7, 11) is 0. The van der Waals surface area contributed by atoms with Crippen molar-refractivity contribution in [3.05, 3.63) is 34.1 Å². The zero-order chi connectivity index (χ0) is 17.2. The van der Waals surface area contributed by atoms with Crippen molar-refractivity contribution in [2.45, 2.75) is 26.4 Å². The average molecular weight is 387 g/mol. The predicted molar refractivity (Wildman–Crippen MR) is 87.8 cm³/mol. The van der Waals surface area contributed by atoms with E-state index in [2.05, 4.69) is 15.9 Å². The van der Waals surface area contributed by atoms with Crippen LogP contribution in [0.1, 0.15) is 31.1 Å². The molecule has 0 spiro atoms. The van der Waals surface area contributed by atoms with Crippen LogP contribution in [0.2, 0.25) is 0 Å². The minimum atomic E-state index is -0.552. The minimum Gasteiger partial charge on any atom is -0.444 e. The molecule has 1 fully saturated rings. The van der Waals surface area contributed by atoms with Gasteiger partial charge in [0.15, 0.2) is 0 Å². The van der Waals surface area contributed by atoms with E-state index in [0.717, 1.165) is 0 Å². The molecule has 1 aliphatic rings. The molecule has 1 aromatic rings. The van der Waals surface area contributed by atoms with E-state index in [9.17, 15) is 14.0 Å². The third kappa shape index (κ3) is 4.67. The lowest BCUT2D eigenvalue weighted by Crippen LogP contribution is -2.51. The van der Waals surface area contributed by atoms with Crippen LogP contribution in [0.3, 0.4) is 0 Å². The normalized spacial score (nSPS) is 15.5. The van der Waals surface area contributed by atoms with E-state index >= 15 is 0 Å². The molecule has 1 saturated heterocycles. The van der Waals surface area contributed by atoms with Gasteiger partial charge >= 0.3 is 6.09 Å². The number of piperazine rings is 1. The topological polar surface area (TPSA) is 49.9 Å². The van der Waals surface area contributed by atoms with E-state index in [1.807, 2.05) is 0 Å². The second-order valence-electron chi connectivity index (χ2n) is 6.38. The van der Waals surface area contributed by atoms with Crippen LogP contribution in [0.5, 0.6) is 0 Å². The van der Waals surface area contributed by atoms with Gasteiger partial charge in [0, 0.05) is 30.7 Å². The second-order valence-corrected chi connectivity index (χ2v) is 7.30. The molecule has 0 bridgehead atoms. The Morgan fingerprint density at radius 3 is 2.26 bits per heavy atom. The van der Waals surface area contributed by atoms with Gasteiger partial charge in [0.1, 0.15) is 11.4 Å². The standard InChI is InChI=1S/C16H20BrFN2O3/c1-16(2,3)23-15(22)20-8-6-19(7-9-20)14(21)12-10-11(17)4-5-13(12)18/h4-5,10H,6-9H2,1-3H3. The highest BCUT2D eigenvalue weighted by Crippen LogP contribution is 2.19. The first kappa shape index (κ1) is 17.7. The molecule has 0 unspecified atom stereocenters. The first-order valence-corrected chi connectivity index (χ1v) is 8.19. The number of hydrogen-bond donors (Lipinski definition) is 0.